The Labute approximate surface area is 93.5 Å². The standard InChI is InChI=1S/C11H15FN2O2/c1-3-14-11(2,6-10(15)16)9-5-4-8(12)7-13-9/h4-5,7,14H,3,6H2,1-2H3,(H,15,16). The van der Waals surface area contributed by atoms with E-state index in [1.807, 2.05) is 6.92 Å². The van der Waals surface area contributed by atoms with Crippen molar-refractivity contribution in [1.82, 2.24) is 10.3 Å². The minimum Gasteiger partial charge on any atom is -0.481 e. The van der Waals surface area contributed by atoms with Crippen LogP contribution in [0, 0.1) is 5.82 Å². The fraction of sp³-hybridized carbons (Fsp3) is 0.455. The zero-order valence-electron chi connectivity index (χ0n) is 9.33. The van der Waals surface area contributed by atoms with Gasteiger partial charge in [0.25, 0.3) is 0 Å². The van der Waals surface area contributed by atoms with Crippen molar-refractivity contribution in [2.75, 3.05) is 6.54 Å². The number of nitrogens with zero attached hydrogens (tertiary/aromatic N) is 1. The molecule has 88 valence electrons. The van der Waals surface area contributed by atoms with Gasteiger partial charge in [-0.1, -0.05) is 6.92 Å². The zero-order valence-corrected chi connectivity index (χ0v) is 9.33. The molecule has 1 rings (SSSR count). The normalized spacial score (nSPS) is 14.4. The first-order valence-corrected chi connectivity index (χ1v) is 5.07. The molecule has 5 heteroatoms. The van der Waals surface area contributed by atoms with Gasteiger partial charge in [0, 0.05) is 0 Å². The Kier molecular flexibility index (Phi) is 3.95. The molecule has 2 N–H and O–H groups in total. The second kappa shape index (κ2) is 5.03. The lowest BCUT2D eigenvalue weighted by Crippen LogP contribution is -2.42. The molecular weight excluding hydrogens is 211 g/mol. The zero-order chi connectivity index (χ0) is 12.2. The Morgan fingerprint density at radius 1 is 1.62 bits per heavy atom. The van der Waals surface area contributed by atoms with E-state index in [0.717, 1.165) is 6.20 Å². The van der Waals surface area contributed by atoms with Crippen LogP contribution in [0.4, 0.5) is 4.39 Å². The summed E-state index contributed by atoms with van der Waals surface area (Å²) in [6.07, 6.45) is 0.992. The first kappa shape index (κ1) is 12.6. The minimum absolute atomic E-state index is 0.0977. The summed E-state index contributed by atoms with van der Waals surface area (Å²) in [5.74, 6) is -1.35. The van der Waals surface area contributed by atoms with E-state index in [2.05, 4.69) is 10.3 Å². The first-order chi connectivity index (χ1) is 7.48. The molecular formula is C11H15FN2O2. The molecule has 0 saturated heterocycles. The third-order valence-corrected chi connectivity index (χ3v) is 2.36. The molecule has 0 amide bonds. The predicted molar refractivity (Wildman–Crippen MR) is 57.5 cm³/mol. The second-order valence-electron chi connectivity index (χ2n) is 3.79. The Morgan fingerprint density at radius 3 is 2.75 bits per heavy atom. The second-order valence-corrected chi connectivity index (χ2v) is 3.79. The van der Waals surface area contributed by atoms with Gasteiger partial charge in [-0.05, 0) is 25.6 Å². The minimum atomic E-state index is -0.922. The van der Waals surface area contributed by atoms with Crippen molar-refractivity contribution in [2.24, 2.45) is 0 Å². The van der Waals surface area contributed by atoms with Crippen LogP contribution >= 0.6 is 0 Å². The maximum absolute atomic E-state index is 12.7. The average Bonchev–Trinajstić information content (AvgIpc) is 2.17. The van der Waals surface area contributed by atoms with Gasteiger partial charge in [-0.25, -0.2) is 4.39 Å². The molecule has 0 spiro atoms. The highest BCUT2D eigenvalue weighted by Crippen LogP contribution is 2.22. The topological polar surface area (TPSA) is 62.2 Å². The van der Waals surface area contributed by atoms with Crippen LogP contribution in [-0.2, 0) is 10.3 Å². The molecule has 0 aliphatic heterocycles. The summed E-state index contributed by atoms with van der Waals surface area (Å²) < 4.78 is 12.7. The summed E-state index contributed by atoms with van der Waals surface area (Å²) in [5, 5.41) is 11.9. The summed E-state index contributed by atoms with van der Waals surface area (Å²) in [6.45, 7) is 4.23. The molecule has 1 unspecified atom stereocenters. The van der Waals surface area contributed by atoms with Crippen molar-refractivity contribution >= 4 is 5.97 Å². The fourth-order valence-corrected chi connectivity index (χ4v) is 1.64. The summed E-state index contributed by atoms with van der Waals surface area (Å²) in [6, 6.07) is 2.78. The van der Waals surface area contributed by atoms with E-state index in [-0.39, 0.29) is 6.42 Å². The number of pyridine rings is 1. The number of hydrogen-bond acceptors (Lipinski definition) is 3. The van der Waals surface area contributed by atoms with E-state index in [9.17, 15) is 9.18 Å². The van der Waals surface area contributed by atoms with E-state index in [1.165, 1.54) is 12.1 Å². The largest absolute Gasteiger partial charge is 0.481 e. The SMILES string of the molecule is CCNC(C)(CC(=O)O)c1ccc(F)cn1. The van der Waals surface area contributed by atoms with Crippen LogP contribution in [0.2, 0.25) is 0 Å². The van der Waals surface area contributed by atoms with E-state index in [4.69, 9.17) is 5.11 Å². The monoisotopic (exact) mass is 226 g/mol. The summed E-state index contributed by atoms with van der Waals surface area (Å²) >= 11 is 0. The predicted octanol–water partition coefficient (Wildman–Crippen LogP) is 1.52. The molecule has 16 heavy (non-hydrogen) atoms. The average molecular weight is 226 g/mol. The molecule has 0 radical (unpaired) electrons. The van der Waals surface area contributed by atoms with Crippen LogP contribution in [-0.4, -0.2) is 22.6 Å². The maximum Gasteiger partial charge on any atom is 0.305 e. The van der Waals surface area contributed by atoms with E-state index in [1.54, 1.807) is 6.92 Å². The van der Waals surface area contributed by atoms with E-state index >= 15 is 0 Å². The van der Waals surface area contributed by atoms with Gasteiger partial charge in [0.05, 0.1) is 23.9 Å². The lowest BCUT2D eigenvalue weighted by atomic mass is 9.93. The summed E-state index contributed by atoms with van der Waals surface area (Å²) in [4.78, 5) is 14.7. The van der Waals surface area contributed by atoms with E-state index in [0.29, 0.717) is 12.2 Å². The Morgan fingerprint density at radius 2 is 2.31 bits per heavy atom. The summed E-state index contributed by atoms with van der Waals surface area (Å²) in [7, 11) is 0. The molecule has 0 aliphatic rings. The van der Waals surface area contributed by atoms with Crippen LogP contribution in [0.15, 0.2) is 18.3 Å². The van der Waals surface area contributed by atoms with Gasteiger partial charge in [0.15, 0.2) is 0 Å². The smallest absolute Gasteiger partial charge is 0.305 e. The van der Waals surface area contributed by atoms with Gasteiger partial charge in [-0.3, -0.25) is 9.78 Å². The van der Waals surface area contributed by atoms with Crippen LogP contribution < -0.4 is 5.32 Å². The number of halogens is 1. The number of carbonyl (C=O) groups is 1. The number of rotatable bonds is 5. The third kappa shape index (κ3) is 3.00. The Hall–Kier alpha value is -1.49. The molecule has 1 heterocycles. The first-order valence-electron chi connectivity index (χ1n) is 5.07. The van der Waals surface area contributed by atoms with Crippen molar-refractivity contribution in [3.63, 3.8) is 0 Å². The van der Waals surface area contributed by atoms with Crippen LogP contribution in [0.5, 0.6) is 0 Å². The van der Waals surface area contributed by atoms with Gasteiger partial charge in [0.1, 0.15) is 5.82 Å². The molecule has 1 aromatic heterocycles. The molecule has 0 bridgehead atoms. The van der Waals surface area contributed by atoms with Crippen molar-refractivity contribution in [3.05, 3.63) is 29.8 Å². The number of aliphatic carboxylic acids is 1. The third-order valence-electron chi connectivity index (χ3n) is 2.36. The van der Waals surface area contributed by atoms with Crippen molar-refractivity contribution in [3.8, 4) is 0 Å². The van der Waals surface area contributed by atoms with Gasteiger partial charge >= 0.3 is 5.97 Å². The molecule has 0 aliphatic carbocycles. The van der Waals surface area contributed by atoms with Crippen molar-refractivity contribution < 1.29 is 14.3 Å². The Balaban J connectivity index is 3.00. The van der Waals surface area contributed by atoms with Gasteiger partial charge in [0.2, 0.25) is 0 Å². The van der Waals surface area contributed by atoms with Crippen LogP contribution in [0.25, 0.3) is 0 Å². The lowest BCUT2D eigenvalue weighted by Gasteiger charge is -2.28. The number of carboxylic acid groups (broad SMARTS) is 1. The van der Waals surface area contributed by atoms with Crippen molar-refractivity contribution in [1.29, 1.82) is 0 Å². The van der Waals surface area contributed by atoms with Gasteiger partial charge in [-0.15, -0.1) is 0 Å². The number of aromatic nitrogens is 1. The molecule has 0 saturated carbocycles. The van der Waals surface area contributed by atoms with Gasteiger partial charge in [-0.2, -0.15) is 0 Å². The number of carboxylic acids is 1. The Bertz CT molecular complexity index is 367. The fourth-order valence-electron chi connectivity index (χ4n) is 1.64. The van der Waals surface area contributed by atoms with Crippen molar-refractivity contribution in [2.45, 2.75) is 25.8 Å². The molecule has 1 aromatic rings. The van der Waals surface area contributed by atoms with E-state index < -0.39 is 17.3 Å². The maximum atomic E-state index is 12.7. The highest BCUT2D eigenvalue weighted by atomic mass is 19.1. The number of hydrogen-bond donors (Lipinski definition) is 2. The van der Waals surface area contributed by atoms with Crippen LogP contribution in [0.3, 0.4) is 0 Å². The molecule has 4 nitrogen and oxygen atoms in total. The summed E-state index contributed by atoms with van der Waals surface area (Å²) in [5.41, 5.74) is -0.243. The quantitative estimate of drug-likeness (QED) is 0.799. The lowest BCUT2D eigenvalue weighted by molar-refractivity contribution is -0.138. The molecule has 0 fully saturated rings. The van der Waals surface area contributed by atoms with Crippen LogP contribution in [0.1, 0.15) is 26.0 Å². The highest BCUT2D eigenvalue weighted by Gasteiger charge is 2.29. The number of nitrogens with one attached hydrogen (secondary N) is 1. The highest BCUT2D eigenvalue weighted by molar-refractivity contribution is 5.68. The molecule has 0 aromatic carbocycles. The molecule has 1 atom stereocenters. The van der Waals surface area contributed by atoms with Gasteiger partial charge < -0.3 is 10.4 Å².